The van der Waals surface area contributed by atoms with E-state index in [0.717, 1.165) is 5.56 Å². The highest BCUT2D eigenvalue weighted by Gasteiger charge is 2.21. The quantitative estimate of drug-likeness (QED) is 0.530. The molecule has 3 aromatic carbocycles. The number of carboxylic acid groups (broad SMARTS) is 1. The van der Waals surface area contributed by atoms with Gasteiger partial charge in [0.2, 0.25) is 5.91 Å². The summed E-state index contributed by atoms with van der Waals surface area (Å²) in [5, 5.41) is 14.7. The Morgan fingerprint density at radius 3 is 2.27 bits per heavy atom. The normalized spacial score (nSPS) is 11.4. The highest BCUT2D eigenvalue weighted by molar-refractivity contribution is 6.10. The molecule has 0 fully saturated rings. The summed E-state index contributed by atoms with van der Waals surface area (Å²) in [6, 6.07) is 22.2. The molecule has 6 nitrogen and oxygen atoms in total. The smallest absolute Gasteiger partial charge is 0.335 e. The van der Waals surface area contributed by atoms with Gasteiger partial charge >= 0.3 is 5.97 Å². The second-order valence-corrected chi connectivity index (χ2v) is 6.75. The highest BCUT2D eigenvalue weighted by atomic mass is 16.4. The zero-order chi connectivity index (χ0) is 21.5. The number of nitrogens with one attached hydrogen (secondary N) is 2. The van der Waals surface area contributed by atoms with Crippen LogP contribution in [-0.4, -0.2) is 22.9 Å². The van der Waals surface area contributed by atoms with Crippen LogP contribution >= 0.6 is 0 Å². The molecule has 0 saturated carbocycles. The lowest BCUT2D eigenvalue weighted by Crippen LogP contribution is -2.23. The minimum atomic E-state index is -1.08. The first kappa shape index (κ1) is 20.8. The van der Waals surface area contributed by atoms with E-state index in [4.69, 9.17) is 5.11 Å². The summed E-state index contributed by atoms with van der Waals surface area (Å²) in [4.78, 5) is 36.8. The van der Waals surface area contributed by atoms with E-state index in [-0.39, 0.29) is 23.0 Å². The number of rotatable bonds is 7. The average Bonchev–Trinajstić information content (AvgIpc) is 2.75. The number of benzene rings is 3. The Hall–Kier alpha value is -3.93. The fraction of sp³-hybridized carbons (Fsp3) is 0.125. The molecule has 30 heavy (non-hydrogen) atoms. The lowest BCUT2D eigenvalue weighted by Gasteiger charge is -2.17. The van der Waals surface area contributed by atoms with Crippen LogP contribution in [0.2, 0.25) is 0 Å². The highest BCUT2D eigenvalue weighted by Crippen LogP contribution is 2.24. The minimum absolute atomic E-state index is 0.0723. The van der Waals surface area contributed by atoms with Gasteiger partial charge in [0.15, 0.2) is 0 Å². The van der Waals surface area contributed by atoms with Crippen LogP contribution in [0.5, 0.6) is 0 Å². The maximum Gasteiger partial charge on any atom is 0.335 e. The molecule has 0 aliphatic rings. The van der Waals surface area contributed by atoms with Crippen LogP contribution in [0.25, 0.3) is 0 Å². The number of carbonyl (C=O) groups excluding carboxylic acids is 2. The van der Waals surface area contributed by atoms with Crippen molar-refractivity contribution in [3.8, 4) is 0 Å². The lowest BCUT2D eigenvalue weighted by atomic mass is 9.95. The molecule has 3 rings (SSSR count). The molecule has 0 aliphatic carbocycles. The first-order valence-corrected chi connectivity index (χ1v) is 9.59. The predicted octanol–water partition coefficient (Wildman–Crippen LogP) is 4.77. The van der Waals surface area contributed by atoms with E-state index >= 15 is 0 Å². The largest absolute Gasteiger partial charge is 0.478 e. The summed E-state index contributed by atoms with van der Waals surface area (Å²) in [5.74, 6) is -2.06. The molecule has 0 radical (unpaired) electrons. The third-order valence-electron chi connectivity index (χ3n) is 4.72. The van der Waals surface area contributed by atoms with Crippen molar-refractivity contribution >= 4 is 29.2 Å². The van der Waals surface area contributed by atoms with Crippen molar-refractivity contribution in [2.24, 2.45) is 0 Å². The van der Waals surface area contributed by atoms with E-state index in [1.165, 1.54) is 12.1 Å². The zero-order valence-electron chi connectivity index (χ0n) is 16.5. The topological polar surface area (TPSA) is 95.5 Å². The van der Waals surface area contributed by atoms with E-state index < -0.39 is 11.9 Å². The number of aromatic carboxylic acids is 1. The number of amides is 2. The van der Waals surface area contributed by atoms with Gasteiger partial charge < -0.3 is 15.7 Å². The van der Waals surface area contributed by atoms with Gasteiger partial charge in [-0.1, -0.05) is 55.5 Å². The van der Waals surface area contributed by atoms with E-state index in [1.54, 1.807) is 36.4 Å². The van der Waals surface area contributed by atoms with Crippen molar-refractivity contribution in [2.75, 3.05) is 10.6 Å². The molecule has 0 heterocycles. The van der Waals surface area contributed by atoms with E-state index in [9.17, 15) is 14.4 Å². The Kier molecular flexibility index (Phi) is 6.60. The van der Waals surface area contributed by atoms with Crippen molar-refractivity contribution in [2.45, 2.75) is 19.3 Å². The molecule has 0 spiro atoms. The lowest BCUT2D eigenvalue weighted by molar-refractivity contribution is -0.117. The Labute approximate surface area is 174 Å². The number of hydrogen-bond donors (Lipinski definition) is 3. The van der Waals surface area contributed by atoms with E-state index in [2.05, 4.69) is 10.6 Å². The van der Waals surface area contributed by atoms with Crippen molar-refractivity contribution in [1.82, 2.24) is 0 Å². The second kappa shape index (κ2) is 9.52. The summed E-state index contributed by atoms with van der Waals surface area (Å²) >= 11 is 0. The number of carboxylic acids is 1. The maximum atomic E-state index is 12.9. The number of para-hydroxylation sites is 1. The predicted molar refractivity (Wildman–Crippen MR) is 116 cm³/mol. The minimum Gasteiger partial charge on any atom is -0.478 e. The molecule has 1 atom stereocenters. The molecule has 3 aromatic rings. The molecule has 0 aromatic heterocycles. The summed E-state index contributed by atoms with van der Waals surface area (Å²) in [7, 11) is 0. The van der Waals surface area contributed by atoms with Gasteiger partial charge in [-0.15, -0.1) is 0 Å². The monoisotopic (exact) mass is 402 g/mol. The summed E-state index contributed by atoms with van der Waals surface area (Å²) in [6.07, 6.45) is 0.617. The standard InChI is InChI=1S/C24H22N2O4/c1-2-19(16-9-4-3-5-10-16)22(27)26-21-14-7-6-13-20(21)23(28)25-18-12-8-11-17(15-18)24(29)30/h3-15,19H,2H2,1H3,(H,25,28)(H,26,27)(H,29,30). The SMILES string of the molecule is CCC(C(=O)Nc1ccccc1C(=O)Nc1cccc(C(=O)O)c1)c1ccccc1. The Balaban J connectivity index is 1.80. The van der Waals surface area contributed by atoms with Gasteiger partial charge in [-0.25, -0.2) is 4.79 Å². The van der Waals surface area contributed by atoms with Crippen LogP contribution < -0.4 is 10.6 Å². The Bertz CT molecular complexity index is 1060. The van der Waals surface area contributed by atoms with Crippen molar-refractivity contribution in [3.63, 3.8) is 0 Å². The third kappa shape index (κ3) is 4.91. The van der Waals surface area contributed by atoms with Gasteiger partial charge in [0, 0.05) is 5.69 Å². The van der Waals surface area contributed by atoms with Gasteiger partial charge in [-0.05, 0) is 42.3 Å². The molecule has 1 unspecified atom stereocenters. The Morgan fingerprint density at radius 1 is 0.867 bits per heavy atom. The Morgan fingerprint density at radius 2 is 1.57 bits per heavy atom. The molecule has 3 N–H and O–H groups in total. The molecule has 0 bridgehead atoms. The van der Waals surface area contributed by atoms with Gasteiger partial charge in [-0.2, -0.15) is 0 Å². The van der Waals surface area contributed by atoms with E-state index in [0.29, 0.717) is 17.8 Å². The third-order valence-corrected chi connectivity index (χ3v) is 4.72. The molecule has 0 aliphatic heterocycles. The molecule has 2 amide bonds. The van der Waals surface area contributed by atoms with Crippen molar-refractivity contribution in [3.05, 3.63) is 95.6 Å². The first-order chi connectivity index (χ1) is 14.5. The number of hydrogen-bond acceptors (Lipinski definition) is 3. The second-order valence-electron chi connectivity index (χ2n) is 6.75. The van der Waals surface area contributed by atoms with E-state index in [1.807, 2.05) is 37.3 Å². The summed E-state index contributed by atoms with van der Waals surface area (Å²) < 4.78 is 0. The number of anilines is 2. The van der Waals surface area contributed by atoms with Crippen LogP contribution in [0, 0.1) is 0 Å². The van der Waals surface area contributed by atoms with Gasteiger partial charge in [-0.3, -0.25) is 9.59 Å². The fourth-order valence-corrected chi connectivity index (χ4v) is 3.20. The van der Waals surface area contributed by atoms with Gasteiger partial charge in [0.25, 0.3) is 5.91 Å². The van der Waals surface area contributed by atoms with Gasteiger partial charge in [0.1, 0.15) is 0 Å². The van der Waals surface area contributed by atoms with Crippen LogP contribution in [0.1, 0.15) is 45.5 Å². The summed E-state index contributed by atoms with van der Waals surface area (Å²) in [6.45, 7) is 1.94. The van der Waals surface area contributed by atoms with Crippen molar-refractivity contribution in [1.29, 1.82) is 0 Å². The maximum absolute atomic E-state index is 12.9. The first-order valence-electron chi connectivity index (χ1n) is 9.59. The van der Waals surface area contributed by atoms with Gasteiger partial charge in [0.05, 0.1) is 22.7 Å². The molecule has 6 heteroatoms. The van der Waals surface area contributed by atoms with Crippen LogP contribution in [0.3, 0.4) is 0 Å². The molecule has 0 saturated heterocycles. The molecule has 152 valence electrons. The average molecular weight is 402 g/mol. The molecular formula is C24H22N2O4. The zero-order valence-corrected chi connectivity index (χ0v) is 16.5. The molecular weight excluding hydrogens is 380 g/mol. The van der Waals surface area contributed by atoms with Crippen LogP contribution in [0.15, 0.2) is 78.9 Å². The number of carbonyl (C=O) groups is 3. The van der Waals surface area contributed by atoms with Crippen molar-refractivity contribution < 1.29 is 19.5 Å². The van der Waals surface area contributed by atoms with Crippen LogP contribution in [0.4, 0.5) is 11.4 Å². The fourth-order valence-electron chi connectivity index (χ4n) is 3.20. The van der Waals surface area contributed by atoms with Crippen LogP contribution in [-0.2, 0) is 4.79 Å². The summed E-state index contributed by atoms with van der Waals surface area (Å²) in [5.41, 5.74) is 2.02.